The Labute approximate surface area is 225 Å². The lowest BCUT2D eigenvalue weighted by Gasteiger charge is -2.24. The molecular formula is C25H34ClN9O3. The third kappa shape index (κ3) is 7.09. The van der Waals surface area contributed by atoms with E-state index in [9.17, 15) is 14.7 Å². The number of carbonyl (C=O) groups excluding carboxylic acids is 2. The summed E-state index contributed by atoms with van der Waals surface area (Å²) in [6.07, 6.45) is 2.13. The highest BCUT2D eigenvalue weighted by atomic mass is 35.5. The number of benzene rings is 1. The number of urea groups is 1. The summed E-state index contributed by atoms with van der Waals surface area (Å²) < 4.78 is 0. The highest BCUT2D eigenvalue weighted by Crippen LogP contribution is 2.30. The van der Waals surface area contributed by atoms with E-state index in [-0.39, 0.29) is 48.8 Å². The van der Waals surface area contributed by atoms with E-state index < -0.39 is 5.60 Å². The van der Waals surface area contributed by atoms with Crippen molar-refractivity contribution >= 4 is 46.1 Å². The Morgan fingerprint density at radius 2 is 1.89 bits per heavy atom. The number of hydrogen-bond donors (Lipinski definition) is 6. The van der Waals surface area contributed by atoms with Crippen LogP contribution in [0.3, 0.4) is 0 Å². The van der Waals surface area contributed by atoms with Crippen molar-refractivity contribution < 1.29 is 14.7 Å². The van der Waals surface area contributed by atoms with Gasteiger partial charge in [-0.1, -0.05) is 32.9 Å². The van der Waals surface area contributed by atoms with Gasteiger partial charge in [0.25, 0.3) is 0 Å². The first kappa shape index (κ1) is 27.6. The summed E-state index contributed by atoms with van der Waals surface area (Å²) in [7, 11) is 0. The van der Waals surface area contributed by atoms with Crippen LogP contribution in [0.25, 0.3) is 11.0 Å². The van der Waals surface area contributed by atoms with Crippen LogP contribution in [0, 0.1) is 0 Å². The van der Waals surface area contributed by atoms with Crippen molar-refractivity contribution in [3.8, 4) is 0 Å². The van der Waals surface area contributed by atoms with Gasteiger partial charge in [0.2, 0.25) is 11.2 Å². The fraction of sp³-hybridized carbons (Fsp3) is 0.480. The summed E-state index contributed by atoms with van der Waals surface area (Å²) in [5.41, 5.74) is 1.43. The molecule has 1 atom stereocenters. The Bertz CT molecular complexity index is 1280. The smallest absolute Gasteiger partial charge is 0.319 e. The Balaban J connectivity index is 1.13. The maximum atomic E-state index is 12.2. The molecule has 0 bridgehead atoms. The van der Waals surface area contributed by atoms with E-state index in [4.69, 9.17) is 11.6 Å². The second-order valence-electron chi connectivity index (χ2n) is 10.5. The maximum Gasteiger partial charge on any atom is 0.319 e. The van der Waals surface area contributed by atoms with Gasteiger partial charge >= 0.3 is 6.03 Å². The number of aromatic amines is 1. The van der Waals surface area contributed by atoms with Crippen LogP contribution in [0.15, 0.2) is 30.5 Å². The fourth-order valence-electron chi connectivity index (χ4n) is 4.29. The maximum absolute atomic E-state index is 12.2. The quantitative estimate of drug-likeness (QED) is 0.176. The summed E-state index contributed by atoms with van der Waals surface area (Å²) in [4.78, 5) is 34.6. The van der Waals surface area contributed by atoms with E-state index in [0.717, 1.165) is 5.39 Å². The molecule has 6 N–H and O–H groups in total. The number of carbonyl (C=O) groups is 2. The highest BCUT2D eigenvalue weighted by Gasteiger charge is 2.37. The van der Waals surface area contributed by atoms with Gasteiger partial charge in [0.05, 0.1) is 23.7 Å². The predicted octanol–water partition coefficient (Wildman–Crippen LogP) is 1.77. The van der Waals surface area contributed by atoms with Gasteiger partial charge in [-0.3, -0.25) is 9.89 Å². The lowest BCUT2D eigenvalue weighted by molar-refractivity contribution is -0.120. The van der Waals surface area contributed by atoms with E-state index in [2.05, 4.69) is 62.2 Å². The van der Waals surface area contributed by atoms with Gasteiger partial charge in [-0.25, -0.2) is 4.79 Å². The van der Waals surface area contributed by atoms with Crippen LogP contribution < -0.4 is 26.2 Å². The molecule has 3 heterocycles. The van der Waals surface area contributed by atoms with E-state index in [0.29, 0.717) is 36.7 Å². The van der Waals surface area contributed by atoms with Crippen molar-refractivity contribution in [2.45, 2.75) is 38.2 Å². The minimum absolute atomic E-state index is 0.0416. The number of hydrogen-bond acceptors (Lipinski definition) is 8. The highest BCUT2D eigenvalue weighted by molar-refractivity contribution is 6.28. The number of aromatic nitrogens is 4. The predicted molar refractivity (Wildman–Crippen MR) is 147 cm³/mol. The largest absolute Gasteiger partial charge is 0.387 e. The molecule has 2 aromatic heterocycles. The molecule has 12 nitrogen and oxygen atoms in total. The van der Waals surface area contributed by atoms with Crippen LogP contribution in [-0.2, 0) is 10.2 Å². The van der Waals surface area contributed by atoms with Gasteiger partial charge in [-0.2, -0.15) is 15.1 Å². The lowest BCUT2D eigenvalue weighted by atomic mass is 9.87. The number of anilines is 2. The van der Waals surface area contributed by atoms with Crippen LogP contribution in [0.5, 0.6) is 0 Å². The molecule has 3 aromatic rings. The molecule has 0 radical (unpaired) electrons. The minimum Gasteiger partial charge on any atom is -0.387 e. The summed E-state index contributed by atoms with van der Waals surface area (Å²) in [5, 5.41) is 29.8. The molecule has 0 aliphatic carbocycles. The molecule has 4 rings (SSSR count). The lowest BCUT2D eigenvalue weighted by Crippen LogP contribution is -2.46. The third-order valence-electron chi connectivity index (χ3n) is 6.38. The van der Waals surface area contributed by atoms with Crippen molar-refractivity contribution in [3.05, 3.63) is 41.3 Å². The molecule has 1 fully saturated rings. The number of nitrogens with zero attached hydrogens (tertiary/aromatic N) is 4. The number of rotatable bonds is 9. The van der Waals surface area contributed by atoms with Crippen LogP contribution in [0.2, 0.25) is 5.28 Å². The zero-order valence-corrected chi connectivity index (χ0v) is 22.5. The number of halogens is 1. The Hall–Kier alpha value is -3.48. The minimum atomic E-state index is -1.03. The number of H-pyrrole nitrogens is 1. The average molecular weight is 544 g/mol. The van der Waals surface area contributed by atoms with E-state index >= 15 is 0 Å². The number of amides is 3. The van der Waals surface area contributed by atoms with Crippen LogP contribution in [0.4, 0.5) is 16.3 Å². The van der Waals surface area contributed by atoms with Crippen molar-refractivity contribution in [3.63, 3.8) is 0 Å². The molecule has 38 heavy (non-hydrogen) atoms. The second kappa shape index (κ2) is 11.5. The third-order valence-corrected chi connectivity index (χ3v) is 6.54. The molecule has 3 amide bonds. The molecule has 0 spiro atoms. The van der Waals surface area contributed by atoms with Gasteiger partial charge in [0.1, 0.15) is 5.82 Å². The van der Waals surface area contributed by atoms with Gasteiger partial charge in [-0.15, -0.1) is 0 Å². The van der Waals surface area contributed by atoms with Gasteiger partial charge in [0.15, 0.2) is 5.65 Å². The van der Waals surface area contributed by atoms with Crippen LogP contribution in [-0.4, -0.2) is 82.1 Å². The topological polar surface area (TPSA) is 160 Å². The van der Waals surface area contributed by atoms with Gasteiger partial charge in [-0.05, 0) is 41.1 Å². The first-order valence-electron chi connectivity index (χ1n) is 12.5. The Morgan fingerprint density at radius 1 is 1.16 bits per heavy atom. The molecule has 1 aliphatic rings. The monoisotopic (exact) mass is 543 g/mol. The molecule has 1 saturated heterocycles. The van der Waals surface area contributed by atoms with E-state index in [1.807, 2.05) is 29.2 Å². The first-order valence-corrected chi connectivity index (χ1v) is 12.9. The van der Waals surface area contributed by atoms with E-state index in [1.165, 1.54) is 5.56 Å². The van der Waals surface area contributed by atoms with E-state index in [1.54, 1.807) is 6.20 Å². The number of nitrogens with one attached hydrogen (secondary N) is 5. The summed E-state index contributed by atoms with van der Waals surface area (Å²) in [6.45, 7) is 8.14. The van der Waals surface area contributed by atoms with Gasteiger partial charge < -0.3 is 31.3 Å². The SMILES string of the molecule is CC(C)(C)c1ccc(NC(=O)NCCNC(=O)CNCC2(O)CCN(c3nc(Cl)nc4[nH]ncc34)C2)cc1. The number of aliphatic hydroxyl groups is 1. The van der Waals surface area contributed by atoms with Crippen molar-refractivity contribution in [1.82, 2.24) is 36.1 Å². The van der Waals surface area contributed by atoms with Crippen molar-refractivity contribution in [2.24, 2.45) is 0 Å². The fourth-order valence-corrected chi connectivity index (χ4v) is 4.46. The zero-order valence-electron chi connectivity index (χ0n) is 21.8. The normalized spacial score (nSPS) is 17.6. The zero-order chi connectivity index (χ0) is 27.3. The van der Waals surface area contributed by atoms with Crippen LogP contribution in [0.1, 0.15) is 32.8 Å². The molecule has 13 heteroatoms. The van der Waals surface area contributed by atoms with Crippen molar-refractivity contribution in [1.29, 1.82) is 0 Å². The number of fused-ring (bicyclic) bond motifs is 1. The Kier molecular flexibility index (Phi) is 8.34. The summed E-state index contributed by atoms with van der Waals surface area (Å²) >= 11 is 6.03. The molecule has 0 saturated carbocycles. The summed E-state index contributed by atoms with van der Waals surface area (Å²) in [6, 6.07) is 7.38. The van der Waals surface area contributed by atoms with Crippen LogP contribution >= 0.6 is 11.6 Å². The van der Waals surface area contributed by atoms with Gasteiger partial charge in [0, 0.05) is 38.4 Å². The molecule has 1 aromatic carbocycles. The Morgan fingerprint density at radius 3 is 2.63 bits per heavy atom. The number of β-amino-alcohol motifs (C(OH)–C–C–N with tert-alkyl or cyclic N) is 1. The average Bonchev–Trinajstić information content (AvgIpc) is 3.48. The van der Waals surface area contributed by atoms with Crippen molar-refractivity contribution in [2.75, 3.05) is 49.5 Å². The standard InChI is InChI=1S/C25H34ClN9O3/c1-24(2,3)16-4-6-17(7-5-16)31-23(37)29-10-9-28-19(36)13-27-14-25(38)8-11-35(15-25)21-18-12-30-34-20(18)32-22(26)33-21/h4-7,12,27,38H,8-11,13-15H2,1-3H3,(H,28,36)(H2,29,31,37)(H,30,32,33,34). The summed E-state index contributed by atoms with van der Waals surface area (Å²) in [5.74, 6) is 0.381. The first-order chi connectivity index (χ1) is 18.0. The second-order valence-corrected chi connectivity index (χ2v) is 10.8. The molecule has 1 aliphatic heterocycles. The molecule has 204 valence electrons. The molecule has 1 unspecified atom stereocenters. The molecular weight excluding hydrogens is 510 g/mol.